The average Bonchev–Trinajstić information content (AvgIpc) is 2.03. The molecule has 0 radical (unpaired) electrons. The van der Waals surface area contributed by atoms with E-state index in [1.54, 1.807) is 0 Å². The van der Waals surface area contributed by atoms with E-state index >= 15 is 0 Å². The van der Waals surface area contributed by atoms with Gasteiger partial charge in [0, 0.05) is 12.3 Å². The zero-order chi connectivity index (χ0) is 9.14. The van der Waals surface area contributed by atoms with E-state index in [1.807, 2.05) is 0 Å². The van der Waals surface area contributed by atoms with Gasteiger partial charge in [-0.3, -0.25) is 4.79 Å². The predicted octanol–water partition coefficient (Wildman–Crippen LogP) is -0.256. The molecule has 0 aliphatic carbocycles. The molecule has 5 nitrogen and oxygen atoms in total. The summed E-state index contributed by atoms with van der Waals surface area (Å²) in [5.74, 6) is -0.455. The number of nitrogens with one attached hydrogen (secondary N) is 1. The molecule has 12 heavy (non-hydrogen) atoms. The molecule has 0 saturated heterocycles. The number of pyridine rings is 1. The summed E-state index contributed by atoms with van der Waals surface area (Å²) in [7, 11) is 1.21. The first kappa shape index (κ1) is 8.32. The molecule has 0 aromatic carbocycles. The molecule has 0 bridgehead atoms. The fraction of sp³-hybridized carbons (Fsp3) is 0.143. The molecule has 64 valence electrons. The predicted molar refractivity (Wildman–Crippen MR) is 42.8 cm³/mol. The number of aromatic nitrogens is 1. The number of hydrogen-bond acceptors (Lipinski definition) is 4. The monoisotopic (exact) mass is 168 g/mol. The minimum absolute atomic E-state index is 0.0494. The molecular formula is C7H8N2O3. The highest BCUT2D eigenvalue weighted by atomic mass is 16.5. The van der Waals surface area contributed by atoms with Gasteiger partial charge in [0.05, 0.1) is 7.11 Å². The van der Waals surface area contributed by atoms with Crippen LogP contribution in [0.5, 0.6) is 0 Å². The van der Waals surface area contributed by atoms with Crippen molar-refractivity contribution in [2.45, 2.75) is 0 Å². The SMILES string of the molecule is COC(=O)c1c[nH]c(N)cc1=O. The standard InChI is InChI=1S/C7H8N2O3/c1-12-7(11)4-3-9-6(8)2-5(4)10/h2-3H,1H3,(H3,8,9,10). The first-order valence-electron chi connectivity index (χ1n) is 3.21. The largest absolute Gasteiger partial charge is 0.465 e. The van der Waals surface area contributed by atoms with Gasteiger partial charge in [-0.2, -0.15) is 0 Å². The highest BCUT2D eigenvalue weighted by Crippen LogP contribution is 1.95. The summed E-state index contributed by atoms with van der Waals surface area (Å²) < 4.78 is 4.36. The van der Waals surface area contributed by atoms with Crippen LogP contribution in [0, 0.1) is 0 Å². The van der Waals surface area contributed by atoms with E-state index in [9.17, 15) is 9.59 Å². The van der Waals surface area contributed by atoms with E-state index in [4.69, 9.17) is 5.73 Å². The second-order valence-electron chi connectivity index (χ2n) is 2.16. The molecule has 3 N–H and O–H groups in total. The smallest absolute Gasteiger partial charge is 0.343 e. The van der Waals surface area contributed by atoms with Crippen molar-refractivity contribution in [3.8, 4) is 0 Å². The third kappa shape index (κ3) is 1.45. The van der Waals surface area contributed by atoms with Crippen molar-refractivity contribution >= 4 is 11.8 Å². The topological polar surface area (TPSA) is 85.2 Å². The number of carbonyl (C=O) groups is 1. The van der Waals surface area contributed by atoms with Gasteiger partial charge < -0.3 is 15.5 Å². The van der Waals surface area contributed by atoms with Crippen LogP contribution in [0.15, 0.2) is 17.1 Å². The Labute approximate surface area is 68.2 Å². The number of nitrogen functional groups attached to an aromatic ring is 1. The van der Waals surface area contributed by atoms with Crippen LogP contribution in [0.2, 0.25) is 0 Å². The molecule has 0 amide bonds. The van der Waals surface area contributed by atoms with Crippen molar-refractivity contribution in [3.63, 3.8) is 0 Å². The lowest BCUT2D eigenvalue weighted by molar-refractivity contribution is 0.0599. The molecule has 0 saturated carbocycles. The molecule has 1 aromatic rings. The summed E-state index contributed by atoms with van der Waals surface area (Å²) in [5.41, 5.74) is 4.77. The third-order valence-corrected chi connectivity index (χ3v) is 1.34. The second kappa shape index (κ2) is 3.08. The van der Waals surface area contributed by atoms with Gasteiger partial charge in [0.25, 0.3) is 0 Å². The van der Waals surface area contributed by atoms with Crippen molar-refractivity contribution in [2.75, 3.05) is 12.8 Å². The zero-order valence-corrected chi connectivity index (χ0v) is 6.46. The van der Waals surface area contributed by atoms with Gasteiger partial charge in [-0.25, -0.2) is 4.79 Å². The lowest BCUT2D eigenvalue weighted by Gasteiger charge is -1.97. The maximum atomic E-state index is 11.0. The Hall–Kier alpha value is -1.78. The van der Waals surface area contributed by atoms with E-state index in [1.165, 1.54) is 13.3 Å². The molecule has 1 rings (SSSR count). The second-order valence-corrected chi connectivity index (χ2v) is 2.16. The summed E-state index contributed by atoms with van der Waals surface area (Å²) in [4.78, 5) is 24.4. The van der Waals surface area contributed by atoms with Gasteiger partial charge in [0.15, 0.2) is 5.43 Å². The fourth-order valence-corrected chi connectivity index (χ4v) is 0.757. The molecule has 0 aliphatic rings. The van der Waals surface area contributed by atoms with Crippen LogP contribution in [0.1, 0.15) is 10.4 Å². The lowest BCUT2D eigenvalue weighted by atomic mass is 10.3. The quantitative estimate of drug-likeness (QED) is 0.566. The lowest BCUT2D eigenvalue weighted by Crippen LogP contribution is -2.16. The molecule has 0 fully saturated rings. The molecule has 0 unspecified atom stereocenters. The number of rotatable bonds is 1. The van der Waals surface area contributed by atoms with E-state index < -0.39 is 11.4 Å². The van der Waals surface area contributed by atoms with Crippen LogP contribution in [-0.4, -0.2) is 18.1 Å². The Morgan fingerprint density at radius 3 is 2.83 bits per heavy atom. The van der Waals surface area contributed by atoms with Gasteiger partial charge in [-0.15, -0.1) is 0 Å². The van der Waals surface area contributed by atoms with Crippen molar-refractivity contribution < 1.29 is 9.53 Å². The van der Waals surface area contributed by atoms with E-state index in [2.05, 4.69) is 9.72 Å². The minimum Gasteiger partial charge on any atom is -0.465 e. The van der Waals surface area contributed by atoms with Gasteiger partial charge in [0.2, 0.25) is 0 Å². The Balaban J connectivity index is 3.19. The summed E-state index contributed by atoms with van der Waals surface area (Å²) in [5, 5.41) is 0. The molecule has 0 spiro atoms. The summed E-state index contributed by atoms with van der Waals surface area (Å²) in [6.45, 7) is 0. The van der Waals surface area contributed by atoms with Crippen LogP contribution in [0.3, 0.4) is 0 Å². The number of methoxy groups -OCH3 is 1. The maximum Gasteiger partial charge on any atom is 0.343 e. The van der Waals surface area contributed by atoms with E-state index in [0.717, 1.165) is 6.07 Å². The number of esters is 1. The highest BCUT2D eigenvalue weighted by molar-refractivity contribution is 5.88. The third-order valence-electron chi connectivity index (χ3n) is 1.34. The number of hydrogen-bond donors (Lipinski definition) is 2. The van der Waals surface area contributed by atoms with Gasteiger partial charge >= 0.3 is 5.97 Å². The van der Waals surface area contributed by atoms with Crippen LogP contribution in [0.4, 0.5) is 5.82 Å². The molecule has 0 aliphatic heterocycles. The Bertz CT molecular complexity index is 356. The summed E-state index contributed by atoms with van der Waals surface area (Å²) in [6.07, 6.45) is 1.23. The zero-order valence-electron chi connectivity index (χ0n) is 6.46. The maximum absolute atomic E-state index is 11.0. The van der Waals surface area contributed by atoms with Crippen LogP contribution < -0.4 is 11.2 Å². The van der Waals surface area contributed by atoms with E-state index in [0.29, 0.717) is 0 Å². The van der Waals surface area contributed by atoms with Crippen LogP contribution in [-0.2, 0) is 4.74 Å². The van der Waals surface area contributed by atoms with Crippen molar-refractivity contribution in [3.05, 3.63) is 28.0 Å². The highest BCUT2D eigenvalue weighted by Gasteiger charge is 2.09. The number of carbonyl (C=O) groups excluding carboxylic acids is 1. The van der Waals surface area contributed by atoms with Crippen LogP contribution >= 0.6 is 0 Å². The molecule has 1 heterocycles. The minimum atomic E-state index is -0.670. The number of ether oxygens (including phenoxy) is 1. The Morgan fingerprint density at radius 2 is 2.33 bits per heavy atom. The number of H-pyrrole nitrogens is 1. The Kier molecular flexibility index (Phi) is 2.14. The number of aromatic amines is 1. The fourth-order valence-electron chi connectivity index (χ4n) is 0.757. The van der Waals surface area contributed by atoms with Crippen molar-refractivity contribution in [1.29, 1.82) is 0 Å². The van der Waals surface area contributed by atoms with Gasteiger partial charge in [0.1, 0.15) is 11.4 Å². The first-order valence-corrected chi connectivity index (χ1v) is 3.21. The molecule has 0 atom stereocenters. The number of anilines is 1. The average molecular weight is 168 g/mol. The summed E-state index contributed by atoms with van der Waals surface area (Å²) >= 11 is 0. The van der Waals surface area contributed by atoms with Gasteiger partial charge in [-0.05, 0) is 0 Å². The number of nitrogens with two attached hydrogens (primary N) is 1. The molecular weight excluding hydrogens is 160 g/mol. The summed E-state index contributed by atoms with van der Waals surface area (Å²) in [6, 6.07) is 1.13. The Morgan fingerprint density at radius 1 is 1.67 bits per heavy atom. The van der Waals surface area contributed by atoms with Crippen molar-refractivity contribution in [2.24, 2.45) is 0 Å². The normalized spacial score (nSPS) is 9.42. The van der Waals surface area contributed by atoms with Gasteiger partial charge in [-0.1, -0.05) is 0 Å². The first-order chi connectivity index (χ1) is 5.65. The molecule has 5 heteroatoms. The van der Waals surface area contributed by atoms with E-state index in [-0.39, 0.29) is 11.4 Å². The molecule has 1 aromatic heterocycles. The van der Waals surface area contributed by atoms with Crippen LogP contribution in [0.25, 0.3) is 0 Å². The van der Waals surface area contributed by atoms with Crippen molar-refractivity contribution in [1.82, 2.24) is 4.98 Å².